The molecule has 0 heterocycles. The van der Waals surface area contributed by atoms with Crippen LogP contribution in [0.3, 0.4) is 0 Å². The molecule has 54 valence electrons. The largest absolute Gasteiger partial charge is 0.441 e. The zero-order valence-electron chi connectivity index (χ0n) is 6.41. The maximum atomic E-state index is 7.83. The van der Waals surface area contributed by atoms with E-state index in [1.807, 2.05) is 0 Å². The summed E-state index contributed by atoms with van der Waals surface area (Å²) >= 11 is 0. The third-order valence-corrected chi connectivity index (χ3v) is 2.67. The highest BCUT2D eigenvalue weighted by molar-refractivity contribution is 4.82. The molecular weight excluding hydrogens is 112 g/mol. The summed E-state index contributed by atoms with van der Waals surface area (Å²) in [5.74, 6) is 0.617. The van der Waals surface area contributed by atoms with Crippen molar-refractivity contribution in [3.05, 3.63) is 0 Å². The molecular formula is C8H17O+. The van der Waals surface area contributed by atoms with E-state index in [4.69, 9.17) is 5.11 Å². The van der Waals surface area contributed by atoms with Crippen LogP contribution in [0.25, 0.3) is 0 Å². The molecule has 1 nitrogen and oxygen atoms in total. The van der Waals surface area contributed by atoms with Crippen LogP contribution >= 0.6 is 0 Å². The van der Waals surface area contributed by atoms with Crippen molar-refractivity contribution < 1.29 is 5.11 Å². The summed E-state index contributed by atoms with van der Waals surface area (Å²) in [5, 5.41) is 7.83. The van der Waals surface area contributed by atoms with Gasteiger partial charge in [0.25, 0.3) is 0 Å². The molecule has 0 aliphatic heterocycles. The van der Waals surface area contributed by atoms with Crippen molar-refractivity contribution in [2.75, 3.05) is 0 Å². The van der Waals surface area contributed by atoms with Crippen LogP contribution < -0.4 is 0 Å². The Balaban J connectivity index is 2.49. The Morgan fingerprint density at radius 3 is 2.44 bits per heavy atom. The van der Waals surface area contributed by atoms with Crippen LogP contribution in [-0.2, 0) is 0 Å². The minimum atomic E-state index is -0.113. The van der Waals surface area contributed by atoms with Gasteiger partial charge in [0.15, 0.2) is 5.60 Å². The molecule has 0 spiro atoms. The summed E-state index contributed by atoms with van der Waals surface area (Å²) in [6.45, 7) is 4.27. The van der Waals surface area contributed by atoms with E-state index in [0.29, 0.717) is 5.92 Å². The highest BCUT2D eigenvalue weighted by Gasteiger charge is 2.35. The lowest BCUT2D eigenvalue weighted by Crippen LogP contribution is -2.35. The fourth-order valence-electron chi connectivity index (χ4n) is 1.51. The molecule has 1 fully saturated rings. The molecule has 2 N–H and O–H groups in total. The molecule has 1 heteroatoms. The Morgan fingerprint density at radius 1 is 1.44 bits per heavy atom. The van der Waals surface area contributed by atoms with Gasteiger partial charge in [0.2, 0.25) is 0 Å². The number of rotatable bonds is 0. The first-order valence-corrected chi connectivity index (χ1v) is 3.88. The molecule has 0 amide bonds. The molecule has 1 saturated carbocycles. The lowest BCUT2D eigenvalue weighted by Gasteiger charge is -2.30. The van der Waals surface area contributed by atoms with Crippen molar-refractivity contribution in [3.63, 3.8) is 0 Å². The first-order valence-electron chi connectivity index (χ1n) is 3.88. The second kappa shape index (κ2) is 2.30. The predicted molar refractivity (Wildman–Crippen MR) is 39.7 cm³/mol. The van der Waals surface area contributed by atoms with Gasteiger partial charge in [0.05, 0.1) is 0 Å². The van der Waals surface area contributed by atoms with Gasteiger partial charge >= 0.3 is 0 Å². The summed E-state index contributed by atoms with van der Waals surface area (Å²) in [6.07, 6.45) is 4.98. The van der Waals surface area contributed by atoms with E-state index in [9.17, 15) is 0 Å². The molecule has 0 radical (unpaired) electrons. The Kier molecular flexibility index (Phi) is 1.80. The summed E-state index contributed by atoms with van der Waals surface area (Å²) < 4.78 is 0. The molecule has 0 saturated heterocycles. The van der Waals surface area contributed by atoms with Crippen molar-refractivity contribution in [1.29, 1.82) is 0 Å². The van der Waals surface area contributed by atoms with Crippen LogP contribution in [0.5, 0.6) is 0 Å². The average molecular weight is 129 g/mol. The highest BCUT2D eigenvalue weighted by Crippen LogP contribution is 2.32. The van der Waals surface area contributed by atoms with Gasteiger partial charge in [-0.3, -0.25) is 0 Å². The van der Waals surface area contributed by atoms with Gasteiger partial charge in [-0.25, -0.2) is 0 Å². The Hall–Kier alpha value is -0.0400. The SMILES string of the molecule is C[C@H]1CCCC[C@]1(C)[OH2+]. The Morgan fingerprint density at radius 2 is 2.11 bits per heavy atom. The Labute approximate surface area is 57.1 Å². The molecule has 1 aliphatic carbocycles. The van der Waals surface area contributed by atoms with Crippen LogP contribution in [0.15, 0.2) is 0 Å². The molecule has 0 bridgehead atoms. The van der Waals surface area contributed by atoms with E-state index in [0.717, 1.165) is 6.42 Å². The fraction of sp³-hybridized carbons (Fsp3) is 1.00. The van der Waals surface area contributed by atoms with E-state index < -0.39 is 0 Å². The standard InChI is InChI=1S/C8H16O/c1-7-5-3-4-6-8(7,2)9/h7,9H,3-6H2,1-2H3/p+1/t7-,8-/m0/s1. The molecule has 0 aromatic heterocycles. The minimum absolute atomic E-state index is 0.113. The summed E-state index contributed by atoms with van der Waals surface area (Å²) in [6, 6.07) is 0. The molecule has 0 aromatic rings. The quantitative estimate of drug-likeness (QED) is 0.444. The minimum Gasteiger partial charge on any atom is -0.441 e. The van der Waals surface area contributed by atoms with Crippen molar-refractivity contribution in [2.45, 2.75) is 45.1 Å². The summed E-state index contributed by atoms with van der Waals surface area (Å²) in [7, 11) is 0. The van der Waals surface area contributed by atoms with E-state index in [2.05, 4.69) is 13.8 Å². The van der Waals surface area contributed by atoms with Gasteiger partial charge < -0.3 is 5.11 Å². The second-order valence-electron chi connectivity index (χ2n) is 3.56. The Bertz CT molecular complexity index is 96.7. The first kappa shape index (κ1) is 7.07. The van der Waals surface area contributed by atoms with Gasteiger partial charge in [-0.2, -0.15) is 0 Å². The van der Waals surface area contributed by atoms with Crippen LogP contribution in [0.2, 0.25) is 0 Å². The fourth-order valence-corrected chi connectivity index (χ4v) is 1.51. The molecule has 1 rings (SSSR count). The van der Waals surface area contributed by atoms with Gasteiger partial charge in [-0.05, 0) is 12.8 Å². The van der Waals surface area contributed by atoms with Crippen molar-refractivity contribution in [1.82, 2.24) is 0 Å². The topological polar surface area (TPSA) is 22.9 Å². The zero-order chi connectivity index (χ0) is 6.91. The van der Waals surface area contributed by atoms with Gasteiger partial charge in [-0.15, -0.1) is 0 Å². The monoisotopic (exact) mass is 129 g/mol. The van der Waals surface area contributed by atoms with E-state index in [1.54, 1.807) is 0 Å². The van der Waals surface area contributed by atoms with Crippen LogP contribution in [0.1, 0.15) is 39.5 Å². The third-order valence-electron chi connectivity index (χ3n) is 2.67. The number of hydrogen-bond donors (Lipinski definition) is 0. The van der Waals surface area contributed by atoms with Crippen molar-refractivity contribution >= 4 is 0 Å². The average Bonchev–Trinajstić information content (AvgIpc) is 1.77. The van der Waals surface area contributed by atoms with Crippen molar-refractivity contribution in [2.24, 2.45) is 5.92 Å². The highest BCUT2D eigenvalue weighted by atomic mass is 16.3. The smallest absolute Gasteiger partial charge is 0.163 e. The first-order chi connectivity index (χ1) is 4.13. The molecule has 9 heavy (non-hydrogen) atoms. The third kappa shape index (κ3) is 1.45. The van der Waals surface area contributed by atoms with E-state index in [-0.39, 0.29) is 5.60 Å². The molecule has 0 aromatic carbocycles. The van der Waals surface area contributed by atoms with Gasteiger partial charge in [0.1, 0.15) is 0 Å². The second-order valence-corrected chi connectivity index (χ2v) is 3.56. The predicted octanol–water partition coefficient (Wildman–Crippen LogP) is 1.68. The van der Waals surface area contributed by atoms with Gasteiger partial charge in [-0.1, -0.05) is 13.3 Å². The maximum absolute atomic E-state index is 7.83. The lowest BCUT2D eigenvalue weighted by molar-refractivity contribution is -0.0239. The van der Waals surface area contributed by atoms with Crippen LogP contribution in [0, 0.1) is 5.92 Å². The number of hydrogen-bond acceptors (Lipinski definition) is 0. The van der Waals surface area contributed by atoms with E-state index >= 15 is 0 Å². The molecule has 1 aliphatic rings. The van der Waals surface area contributed by atoms with E-state index in [1.165, 1.54) is 19.3 Å². The van der Waals surface area contributed by atoms with Crippen LogP contribution in [0.4, 0.5) is 0 Å². The summed E-state index contributed by atoms with van der Waals surface area (Å²) in [4.78, 5) is 0. The molecule has 2 atom stereocenters. The zero-order valence-corrected chi connectivity index (χ0v) is 6.41. The molecule has 0 unspecified atom stereocenters. The van der Waals surface area contributed by atoms with Crippen LogP contribution in [-0.4, -0.2) is 10.7 Å². The lowest BCUT2D eigenvalue weighted by atomic mass is 9.78. The summed E-state index contributed by atoms with van der Waals surface area (Å²) in [5.41, 5.74) is -0.113. The maximum Gasteiger partial charge on any atom is 0.163 e. The van der Waals surface area contributed by atoms with Gasteiger partial charge in [0, 0.05) is 19.3 Å². The normalized spacial score (nSPS) is 45.0. The van der Waals surface area contributed by atoms with Crippen molar-refractivity contribution in [3.8, 4) is 0 Å².